The minimum Gasteiger partial charge on any atom is -0.385 e. The fraction of sp³-hybridized carbons (Fsp3) is 0.438. The molecule has 1 N–H and O–H groups in total. The molecule has 0 atom stereocenters. The normalized spacial score (nSPS) is 14.7. The van der Waals surface area contributed by atoms with Crippen LogP contribution in [0.5, 0.6) is 0 Å². The highest BCUT2D eigenvalue weighted by atomic mass is 15.1. The Labute approximate surface area is 114 Å². The summed E-state index contributed by atoms with van der Waals surface area (Å²) < 4.78 is 0. The molecule has 1 aliphatic rings. The number of rotatable bonds is 4. The Bertz CT molecular complexity index is 600. The van der Waals surface area contributed by atoms with Gasteiger partial charge in [0.2, 0.25) is 0 Å². The maximum Gasteiger partial charge on any atom is 0.0727 e. The van der Waals surface area contributed by atoms with Crippen LogP contribution in [0.2, 0.25) is 0 Å². The Hall–Kier alpha value is -1.77. The van der Waals surface area contributed by atoms with Crippen molar-refractivity contribution in [2.45, 2.75) is 25.7 Å². The largest absolute Gasteiger partial charge is 0.385 e. The Morgan fingerprint density at radius 1 is 1.26 bits per heavy atom. The third-order valence-electron chi connectivity index (χ3n) is 3.69. The van der Waals surface area contributed by atoms with Crippen LogP contribution in [0.15, 0.2) is 24.3 Å². The molecule has 3 nitrogen and oxygen atoms in total. The summed E-state index contributed by atoms with van der Waals surface area (Å²) in [6.07, 6.45) is 2.58. The fourth-order valence-corrected chi connectivity index (χ4v) is 2.44. The summed E-state index contributed by atoms with van der Waals surface area (Å²) in [5.74, 6) is 0.690. The van der Waals surface area contributed by atoms with Crippen LogP contribution in [0, 0.1) is 0 Å². The van der Waals surface area contributed by atoms with Crippen molar-refractivity contribution in [3.05, 3.63) is 30.0 Å². The van der Waals surface area contributed by atoms with Crippen LogP contribution in [0.1, 0.15) is 31.4 Å². The molecule has 0 unspecified atom stereocenters. The van der Waals surface area contributed by atoms with Gasteiger partial charge in [-0.1, -0.05) is 0 Å². The number of aromatic nitrogens is 1. The van der Waals surface area contributed by atoms with Crippen molar-refractivity contribution >= 4 is 22.3 Å². The first-order valence-electron chi connectivity index (χ1n) is 7.05. The third kappa shape index (κ3) is 2.37. The molecule has 1 aliphatic carbocycles. The lowest BCUT2D eigenvalue weighted by atomic mass is 10.1. The predicted molar refractivity (Wildman–Crippen MR) is 82.2 cm³/mol. The Morgan fingerprint density at radius 3 is 2.68 bits per heavy atom. The summed E-state index contributed by atoms with van der Waals surface area (Å²) in [6.45, 7) is 3.08. The molecule has 3 heteroatoms. The van der Waals surface area contributed by atoms with E-state index in [9.17, 15) is 0 Å². The molecule has 19 heavy (non-hydrogen) atoms. The van der Waals surface area contributed by atoms with Gasteiger partial charge in [-0.05, 0) is 44.0 Å². The number of nitrogens with zero attached hydrogens (tertiary/aromatic N) is 2. The summed E-state index contributed by atoms with van der Waals surface area (Å²) in [7, 11) is 4.14. The number of hydrogen-bond donors (Lipinski definition) is 1. The molecule has 0 amide bonds. The molecule has 1 aromatic carbocycles. The molecule has 1 aromatic heterocycles. The molecule has 1 saturated carbocycles. The first-order valence-corrected chi connectivity index (χ1v) is 7.05. The second-order valence-corrected chi connectivity index (χ2v) is 5.50. The molecule has 1 heterocycles. The molecule has 0 bridgehead atoms. The zero-order chi connectivity index (χ0) is 13.4. The van der Waals surface area contributed by atoms with Gasteiger partial charge in [0.05, 0.1) is 5.52 Å². The van der Waals surface area contributed by atoms with Crippen molar-refractivity contribution in [2.75, 3.05) is 30.9 Å². The maximum atomic E-state index is 4.82. The van der Waals surface area contributed by atoms with Gasteiger partial charge in [-0.3, -0.25) is 4.98 Å². The quantitative estimate of drug-likeness (QED) is 0.904. The van der Waals surface area contributed by atoms with Crippen molar-refractivity contribution in [2.24, 2.45) is 0 Å². The number of benzene rings is 1. The molecule has 0 spiro atoms. The van der Waals surface area contributed by atoms with E-state index in [0.717, 1.165) is 12.1 Å². The molecule has 100 valence electrons. The number of pyridine rings is 1. The lowest BCUT2D eigenvalue weighted by Gasteiger charge is -2.15. The molecule has 2 aromatic rings. The second kappa shape index (κ2) is 4.72. The number of hydrogen-bond acceptors (Lipinski definition) is 3. The minimum absolute atomic E-state index is 0.690. The summed E-state index contributed by atoms with van der Waals surface area (Å²) in [5.41, 5.74) is 4.79. The number of fused-ring (bicyclic) bond motifs is 1. The van der Waals surface area contributed by atoms with Gasteiger partial charge in [0.25, 0.3) is 0 Å². The predicted octanol–water partition coefficient (Wildman–Crippen LogP) is 3.61. The number of anilines is 2. The highest BCUT2D eigenvalue weighted by molar-refractivity contribution is 5.94. The Balaban J connectivity index is 2.15. The Morgan fingerprint density at radius 2 is 2.05 bits per heavy atom. The first-order chi connectivity index (χ1) is 9.19. The van der Waals surface area contributed by atoms with E-state index in [0.29, 0.717) is 5.92 Å². The van der Waals surface area contributed by atoms with Gasteiger partial charge >= 0.3 is 0 Å². The van der Waals surface area contributed by atoms with Crippen LogP contribution in [0.4, 0.5) is 11.4 Å². The molecule has 0 saturated heterocycles. The van der Waals surface area contributed by atoms with Crippen LogP contribution in [0.3, 0.4) is 0 Å². The highest BCUT2D eigenvalue weighted by Gasteiger charge is 2.25. The van der Waals surface area contributed by atoms with Crippen molar-refractivity contribution in [3.63, 3.8) is 0 Å². The van der Waals surface area contributed by atoms with E-state index in [2.05, 4.69) is 55.5 Å². The van der Waals surface area contributed by atoms with Crippen molar-refractivity contribution < 1.29 is 0 Å². The molecule has 0 aliphatic heterocycles. The van der Waals surface area contributed by atoms with E-state index in [1.807, 2.05) is 0 Å². The van der Waals surface area contributed by atoms with E-state index in [-0.39, 0.29) is 0 Å². The minimum atomic E-state index is 0.690. The standard InChI is InChI=1S/C16H21N3/c1-4-17-16-10-15(11-5-6-11)18-14-8-7-12(19(2)3)9-13(14)16/h7-11H,4-6H2,1-3H3,(H,17,18). The van der Waals surface area contributed by atoms with Gasteiger partial charge in [0.1, 0.15) is 0 Å². The average Bonchev–Trinajstić information content (AvgIpc) is 3.22. The SMILES string of the molecule is CCNc1cc(C2CC2)nc2ccc(N(C)C)cc12. The average molecular weight is 255 g/mol. The van der Waals surface area contributed by atoms with Gasteiger partial charge in [-0.25, -0.2) is 0 Å². The van der Waals surface area contributed by atoms with Crippen molar-refractivity contribution in [3.8, 4) is 0 Å². The lowest BCUT2D eigenvalue weighted by Crippen LogP contribution is -2.08. The third-order valence-corrected chi connectivity index (χ3v) is 3.69. The zero-order valence-electron chi connectivity index (χ0n) is 11.9. The zero-order valence-corrected chi connectivity index (χ0v) is 11.9. The van der Waals surface area contributed by atoms with E-state index in [1.165, 1.54) is 35.3 Å². The van der Waals surface area contributed by atoms with E-state index >= 15 is 0 Å². The molecule has 0 radical (unpaired) electrons. The summed E-state index contributed by atoms with van der Waals surface area (Å²) in [4.78, 5) is 6.95. The van der Waals surface area contributed by atoms with E-state index in [4.69, 9.17) is 4.98 Å². The van der Waals surface area contributed by atoms with Crippen LogP contribution in [-0.4, -0.2) is 25.6 Å². The van der Waals surface area contributed by atoms with E-state index in [1.54, 1.807) is 0 Å². The lowest BCUT2D eigenvalue weighted by molar-refractivity contribution is 1.04. The van der Waals surface area contributed by atoms with Gasteiger partial charge in [0, 0.05) is 49.0 Å². The Kier molecular flexibility index (Phi) is 3.05. The summed E-state index contributed by atoms with van der Waals surface area (Å²) in [5, 5.41) is 4.70. The summed E-state index contributed by atoms with van der Waals surface area (Å²) in [6, 6.07) is 8.74. The van der Waals surface area contributed by atoms with Gasteiger partial charge in [-0.15, -0.1) is 0 Å². The monoisotopic (exact) mass is 255 g/mol. The first kappa shape index (κ1) is 12.3. The topological polar surface area (TPSA) is 28.2 Å². The summed E-state index contributed by atoms with van der Waals surface area (Å²) >= 11 is 0. The maximum absolute atomic E-state index is 4.82. The smallest absolute Gasteiger partial charge is 0.0727 e. The van der Waals surface area contributed by atoms with Crippen LogP contribution in [-0.2, 0) is 0 Å². The van der Waals surface area contributed by atoms with Crippen molar-refractivity contribution in [1.29, 1.82) is 0 Å². The highest BCUT2D eigenvalue weighted by Crippen LogP contribution is 2.41. The van der Waals surface area contributed by atoms with Crippen LogP contribution in [0.25, 0.3) is 10.9 Å². The van der Waals surface area contributed by atoms with Gasteiger partial charge in [-0.2, -0.15) is 0 Å². The number of nitrogens with one attached hydrogen (secondary N) is 1. The van der Waals surface area contributed by atoms with Crippen LogP contribution < -0.4 is 10.2 Å². The van der Waals surface area contributed by atoms with E-state index < -0.39 is 0 Å². The molecule has 1 fully saturated rings. The second-order valence-electron chi connectivity index (χ2n) is 5.50. The molecule has 3 rings (SSSR count). The van der Waals surface area contributed by atoms with Gasteiger partial charge < -0.3 is 10.2 Å². The fourth-order valence-electron chi connectivity index (χ4n) is 2.44. The van der Waals surface area contributed by atoms with Crippen LogP contribution >= 0.6 is 0 Å². The molecular formula is C16H21N3. The van der Waals surface area contributed by atoms with Gasteiger partial charge in [0.15, 0.2) is 0 Å². The molecular weight excluding hydrogens is 234 g/mol. The van der Waals surface area contributed by atoms with Crippen molar-refractivity contribution in [1.82, 2.24) is 4.98 Å².